The normalized spacial score (nSPS) is 10.7. The molecule has 0 spiro atoms. The molecule has 2 aromatic carbocycles. The Kier molecular flexibility index (Phi) is 6.78. The lowest BCUT2D eigenvalue weighted by Gasteiger charge is -2.10. The summed E-state index contributed by atoms with van der Waals surface area (Å²) >= 11 is 1.16. The Labute approximate surface area is 177 Å². The third kappa shape index (κ3) is 4.82. The molecule has 0 radical (unpaired) electrons. The number of hydrogen-bond acceptors (Lipinski definition) is 7. The molecule has 30 heavy (non-hydrogen) atoms. The average molecular weight is 431 g/mol. The van der Waals surface area contributed by atoms with Crippen molar-refractivity contribution in [1.29, 1.82) is 0 Å². The summed E-state index contributed by atoms with van der Waals surface area (Å²) < 4.78 is 25.2. The molecule has 8 nitrogen and oxygen atoms in total. The number of carbonyl (C=O) groups excluding carboxylic acids is 1. The van der Waals surface area contributed by atoms with Crippen molar-refractivity contribution < 1.29 is 18.7 Å². The van der Waals surface area contributed by atoms with Gasteiger partial charge in [-0.2, -0.15) is 0 Å². The Bertz CT molecular complexity index is 1060. The molecule has 1 heterocycles. The van der Waals surface area contributed by atoms with Gasteiger partial charge < -0.3 is 20.6 Å². The fourth-order valence-corrected chi connectivity index (χ4v) is 3.43. The topological polar surface area (TPSA) is 104 Å². The number of thioether (sulfide) groups is 1. The van der Waals surface area contributed by atoms with Crippen molar-refractivity contribution in [2.75, 3.05) is 25.8 Å². The molecule has 0 saturated carbocycles. The number of halogens is 1. The lowest BCUT2D eigenvalue weighted by atomic mass is 10.1. The molecule has 158 valence electrons. The van der Waals surface area contributed by atoms with Gasteiger partial charge in [0.15, 0.2) is 5.82 Å². The number of methoxy groups -OCH3 is 2. The third-order valence-electron chi connectivity index (χ3n) is 4.36. The van der Waals surface area contributed by atoms with Crippen LogP contribution in [0.25, 0.3) is 11.4 Å². The second kappa shape index (κ2) is 9.49. The Hall–Kier alpha value is -3.27. The van der Waals surface area contributed by atoms with Gasteiger partial charge in [-0.05, 0) is 36.2 Å². The van der Waals surface area contributed by atoms with E-state index in [2.05, 4.69) is 15.5 Å². The molecule has 3 aromatic rings. The molecule has 1 aromatic heterocycles. The van der Waals surface area contributed by atoms with E-state index in [1.807, 2.05) is 0 Å². The highest BCUT2D eigenvalue weighted by atomic mass is 32.2. The highest BCUT2D eigenvalue weighted by Crippen LogP contribution is 2.32. The number of nitrogen functional groups attached to an aromatic ring is 1. The number of benzene rings is 2. The molecule has 0 fully saturated rings. The third-order valence-corrected chi connectivity index (χ3v) is 5.30. The van der Waals surface area contributed by atoms with E-state index >= 15 is 0 Å². The maximum atomic E-state index is 13.3. The van der Waals surface area contributed by atoms with Gasteiger partial charge in [-0.25, -0.2) is 9.07 Å². The molecule has 1 amide bonds. The maximum Gasteiger partial charge on any atom is 0.230 e. The van der Waals surface area contributed by atoms with Crippen LogP contribution in [0.15, 0.2) is 41.6 Å². The minimum atomic E-state index is -0.271. The predicted molar refractivity (Wildman–Crippen MR) is 112 cm³/mol. The Balaban J connectivity index is 1.62. The van der Waals surface area contributed by atoms with E-state index in [-0.39, 0.29) is 17.5 Å². The fraction of sp³-hybridized carbons (Fsp3) is 0.250. The van der Waals surface area contributed by atoms with Crippen LogP contribution in [0.2, 0.25) is 0 Å². The lowest BCUT2D eigenvalue weighted by Crippen LogP contribution is -2.25. The van der Waals surface area contributed by atoms with Gasteiger partial charge in [0.2, 0.25) is 11.1 Å². The summed E-state index contributed by atoms with van der Waals surface area (Å²) in [6.07, 6.45) is 0. The zero-order chi connectivity index (χ0) is 21.7. The van der Waals surface area contributed by atoms with Gasteiger partial charge in [0.25, 0.3) is 0 Å². The smallest absolute Gasteiger partial charge is 0.230 e. The lowest BCUT2D eigenvalue weighted by molar-refractivity contribution is -0.118. The second-order valence-electron chi connectivity index (χ2n) is 6.39. The van der Waals surface area contributed by atoms with E-state index in [4.69, 9.17) is 15.3 Å². The number of aromatic nitrogens is 3. The van der Waals surface area contributed by atoms with Crippen molar-refractivity contribution in [3.8, 4) is 22.9 Å². The van der Waals surface area contributed by atoms with Gasteiger partial charge in [0.1, 0.15) is 17.3 Å². The van der Waals surface area contributed by atoms with Crippen molar-refractivity contribution >= 4 is 17.7 Å². The van der Waals surface area contributed by atoms with Crippen LogP contribution in [0.3, 0.4) is 0 Å². The molecule has 0 aliphatic heterocycles. The molecule has 0 bridgehead atoms. The predicted octanol–water partition coefficient (Wildman–Crippen LogP) is 2.53. The van der Waals surface area contributed by atoms with E-state index in [0.717, 1.165) is 17.3 Å². The van der Waals surface area contributed by atoms with Gasteiger partial charge in [0, 0.05) is 12.6 Å². The monoisotopic (exact) mass is 431 g/mol. The standard InChI is InChI=1S/C20H22FN5O3S/c1-12-8-13(4-7-16(12)21)10-23-18(27)11-30-20-25-24-19(26(20)22)15-6-5-14(28-2)9-17(15)29-3/h4-9H,10-11,22H2,1-3H3,(H,23,27). The summed E-state index contributed by atoms with van der Waals surface area (Å²) in [7, 11) is 3.11. The van der Waals surface area contributed by atoms with Crippen molar-refractivity contribution in [3.63, 3.8) is 0 Å². The van der Waals surface area contributed by atoms with Crippen molar-refractivity contribution in [1.82, 2.24) is 20.2 Å². The quantitative estimate of drug-likeness (QED) is 0.417. The van der Waals surface area contributed by atoms with Crippen LogP contribution in [0, 0.1) is 12.7 Å². The number of ether oxygens (including phenoxy) is 2. The van der Waals surface area contributed by atoms with E-state index in [9.17, 15) is 9.18 Å². The SMILES string of the molecule is COc1ccc(-c2nnc(SCC(=O)NCc3ccc(F)c(C)c3)n2N)c(OC)c1. The first-order valence-electron chi connectivity index (χ1n) is 9.00. The van der Waals surface area contributed by atoms with Crippen LogP contribution in [0.5, 0.6) is 11.5 Å². The number of hydrogen-bond donors (Lipinski definition) is 2. The first-order chi connectivity index (χ1) is 14.4. The summed E-state index contributed by atoms with van der Waals surface area (Å²) in [4.78, 5) is 12.2. The van der Waals surface area contributed by atoms with Crippen LogP contribution in [-0.2, 0) is 11.3 Å². The molecule has 0 unspecified atom stereocenters. The first-order valence-corrected chi connectivity index (χ1v) is 9.99. The highest BCUT2D eigenvalue weighted by Gasteiger charge is 2.17. The largest absolute Gasteiger partial charge is 0.497 e. The molecule has 3 N–H and O–H groups in total. The summed E-state index contributed by atoms with van der Waals surface area (Å²) in [5, 5.41) is 11.4. The average Bonchev–Trinajstić information content (AvgIpc) is 3.12. The van der Waals surface area contributed by atoms with Crippen molar-refractivity contribution in [2.45, 2.75) is 18.6 Å². The van der Waals surface area contributed by atoms with Crippen LogP contribution >= 0.6 is 11.8 Å². The number of nitrogens with zero attached hydrogens (tertiary/aromatic N) is 3. The number of nitrogens with two attached hydrogens (primary N) is 1. The zero-order valence-corrected chi connectivity index (χ0v) is 17.6. The van der Waals surface area contributed by atoms with Crippen LogP contribution in [-0.4, -0.2) is 40.8 Å². The zero-order valence-electron chi connectivity index (χ0n) is 16.8. The van der Waals surface area contributed by atoms with Gasteiger partial charge in [-0.3, -0.25) is 4.79 Å². The molecule has 3 rings (SSSR count). The molecular weight excluding hydrogens is 409 g/mol. The molecule has 10 heteroatoms. The van der Waals surface area contributed by atoms with Gasteiger partial charge >= 0.3 is 0 Å². The number of amides is 1. The minimum absolute atomic E-state index is 0.106. The minimum Gasteiger partial charge on any atom is -0.497 e. The van der Waals surface area contributed by atoms with Gasteiger partial charge in [-0.1, -0.05) is 23.9 Å². The van der Waals surface area contributed by atoms with E-state index in [1.54, 1.807) is 44.4 Å². The summed E-state index contributed by atoms with van der Waals surface area (Å²) in [6.45, 7) is 1.99. The molecular formula is C20H22FN5O3S. The Morgan fingerprint density at radius 2 is 2.00 bits per heavy atom. The van der Waals surface area contributed by atoms with E-state index in [1.165, 1.54) is 17.9 Å². The highest BCUT2D eigenvalue weighted by molar-refractivity contribution is 7.99. The number of aryl methyl sites for hydroxylation is 1. The Morgan fingerprint density at radius 3 is 2.70 bits per heavy atom. The van der Waals surface area contributed by atoms with Gasteiger partial charge in [0.05, 0.1) is 25.5 Å². The van der Waals surface area contributed by atoms with Crippen LogP contribution in [0.4, 0.5) is 4.39 Å². The Morgan fingerprint density at radius 1 is 1.20 bits per heavy atom. The first kappa shape index (κ1) is 21.4. The molecule has 0 atom stereocenters. The fourth-order valence-electron chi connectivity index (χ4n) is 2.74. The molecule has 0 aliphatic carbocycles. The van der Waals surface area contributed by atoms with Crippen molar-refractivity contribution in [3.05, 3.63) is 53.3 Å². The summed E-state index contributed by atoms with van der Waals surface area (Å²) in [6, 6.07) is 9.99. The summed E-state index contributed by atoms with van der Waals surface area (Å²) in [5.74, 6) is 7.34. The summed E-state index contributed by atoms with van der Waals surface area (Å²) in [5.41, 5.74) is 2.01. The van der Waals surface area contributed by atoms with E-state index in [0.29, 0.717) is 40.2 Å². The molecule has 0 saturated heterocycles. The number of carbonyl (C=O) groups is 1. The van der Waals surface area contributed by atoms with Crippen LogP contribution in [0.1, 0.15) is 11.1 Å². The van der Waals surface area contributed by atoms with Gasteiger partial charge in [-0.15, -0.1) is 10.2 Å². The number of rotatable bonds is 8. The van der Waals surface area contributed by atoms with Crippen molar-refractivity contribution in [2.24, 2.45) is 0 Å². The van der Waals surface area contributed by atoms with Crippen LogP contribution < -0.4 is 20.6 Å². The van der Waals surface area contributed by atoms with E-state index < -0.39 is 0 Å². The maximum absolute atomic E-state index is 13.3. The molecule has 0 aliphatic rings. The second-order valence-corrected chi connectivity index (χ2v) is 7.33. The number of nitrogens with one attached hydrogen (secondary N) is 1.